The maximum absolute atomic E-state index is 5.63. The number of ether oxygens (including phenoxy) is 1. The van der Waals surface area contributed by atoms with Gasteiger partial charge in [0.25, 0.3) is 0 Å². The molecule has 0 saturated carbocycles. The van der Waals surface area contributed by atoms with Crippen molar-refractivity contribution in [2.75, 3.05) is 30.5 Å². The summed E-state index contributed by atoms with van der Waals surface area (Å²) in [6.45, 7) is 2.55. The van der Waals surface area contributed by atoms with E-state index in [9.17, 15) is 0 Å². The van der Waals surface area contributed by atoms with Crippen LogP contribution < -0.4 is 4.90 Å². The van der Waals surface area contributed by atoms with Gasteiger partial charge < -0.3 is 9.64 Å². The number of hydrogen-bond donors (Lipinski definition) is 0. The third-order valence-electron chi connectivity index (χ3n) is 2.76. The number of halogens is 2. The lowest BCUT2D eigenvalue weighted by molar-refractivity contribution is 0.0470. The first-order valence-corrected chi connectivity index (χ1v) is 7.31. The topological polar surface area (TPSA) is 38.2 Å². The summed E-state index contributed by atoms with van der Waals surface area (Å²) in [6, 6.07) is 0. The molecule has 2 rings (SSSR count). The third kappa shape index (κ3) is 3.93. The lowest BCUT2D eigenvalue weighted by atomic mass is 10.1. The van der Waals surface area contributed by atoms with E-state index >= 15 is 0 Å². The van der Waals surface area contributed by atoms with E-state index in [1.807, 2.05) is 12.4 Å². The van der Waals surface area contributed by atoms with Crippen molar-refractivity contribution in [3.63, 3.8) is 0 Å². The highest BCUT2D eigenvalue weighted by Crippen LogP contribution is 2.18. The lowest BCUT2D eigenvalue weighted by Gasteiger charge is -2.31. The molecule has 0 N–H and O–H groups in total. The monoisotopic (exact) mass is 367 g/mol. The van der Waals surface area contributed by atoms with E-state index in [0.29, 0.717) is 18.6 Å². The van der Waals surface area contributed by atoms with Crippen LogP contribution in [0.1, 0.15) is 12.8 Å². The zero-order valence-electron chi connectivity index (χ0n) is 9.48. The molecule has 4 nitrogen and oxygen atoms in total. The molecule has 2 heterocycles. The molecule has 0 aromatic carbocycles. The van der Waals surface area contributed by atoms with E-state index in [1.165, 1.54) is 0 Å². The average molecular weight is 368 g/mol. The second-order valence-corrected chi connectivity index (χ2v) is 5.57. The first-order chi connectivity index (χ1) is 8.29. The van der Waals surface area contributed by atoms with Gasteiger partial charge >= 0.3 is 0 Å². The summed E-state index contributed by atoms with van der Waals surface area (Å²) in [5, 5.41) is 0. The molecule has 0 bridgehead atoms. The Hall–Kier alpha value is -0.140. The summed E-state index contributed by atoms with van der Waals surface area (Å²) in [7, 11) is 0. The Kier molecular flexibility index (Phi) is 5.24. The number of aromatic nitrogens is 2. The van der Waals surface area contributed by atoms with Gasteiger partial charge in [-0.2, -0.15) is 0 Å². The molecule has 94 valence electrons. The van der Waals surface area contributed by atoms with Gasteiger partial charge in [0.05, 0.1) is 12.7 Å². The molecule has 0 amide bonds. The number of piperidine rings is 1. The summed E-state index contributed by atoms with van der Waals surface area (Å²) < 4.78 is 6.70. The fraction of sp³-hybridized carbons (Fsp3) is 0.636. The predicted octanol–water partition coefficient (Wildman–Crippen LogP) is 2.31. The smallest absolute Gasteiger partial charge is 0.225 e. The van der Waals surface area contributed by atoms with E-state index in [2.05, 4.69) is 37.5 Å². The van der Waals surface area contributed by atoms with Gasteiger partial charge in [0.2, 0.25) is 5.95 Å². The quantitative estimate of drug-likeness (QED) is 0.605. The van der Waals surface area contributed by atoms with Crippen LogP contribution in [0.15, 0.2) is 12.4 Å². The molecule has 1 saturated heterocycles. The molecule has 0 spiro atoms. The van der Waals surface area contributed by atoms with E-state index in [1.54, 1.807) is 0 Å². The standard InChI is InChI=1S/C11H15ClIN3O/c12-3-6-17-10-1-4-16(5-2-10)11-14-7-9(13)8-15-11/h7-8,10H,1-6H2. The van der Waals surface area contributed by atoms with Gasteiger partial charge in [0.15, 0.2) is 0 Å². The van der Waals surface area contributed by atoms with Crippen LogP contribution in [-0.2, 0) is 4.74 Å². The molecule has 0 unspecified atom stereocenters. The normalized spacial score (nSPS) is 17.4. The van der Waals surface area contributed by atoms with Crippen molar-refractivity contribution >= 4 is 40.1 Å². The molecule has 6 heteroatoms. The fourth-order valence-corrected chi connectivity index (χ4v) is 2.27. The number of nitrogens with zero attached hydrogens (tertiary/aromatic N) is 3. The Morgan fingerprint density at radius 1 is 1.35 bits per heavy atom. The van der Waals surface area contributed by atoms with Crippen LogP contribution in [-0.4, -0.2) is 41.6 Å². The van der Waals surface area contributed by atoms with Gasteiger partial charge in [-0.1, -0.05) is 0 Å². The highest BCUT2D eigenvalue weighted by Gasteiger charge is 2.20. The lowest BCUT2D eigenvalue weighted by Crippen LogP contribution is -2.38. The molecule has 0 atom stereocenters. The minimum absolute atomic E-state index is 0.342. The Labute approximate surface area is 120 Å². The molecule has 1 aliphatic heterocycles. The van der Waals surface area contributed by atoms with Crippen molar-refractivity contribution in [2.45, 2.75) is 18.9 Å². The van der Waals surface area contributed by atoms with Crippen LogP contribution >= 0.6 is 34.2 Å². The summed E-state index contributed by atoms with van der Waals surface area (Å²) in [4.78, 5) is 10.9. The van der Waals surface area contributed by atoms with Crippen molar-refractivity contribution in [2.24, 2.45) is 0 Å². The van der Waals surface area contributed by atoms with Crippen molar-refractivity contribution in [3.05, 3.63) is 16.0 Å². The molecule has 1 fully saturated rings. The Morgan fingerprint density at radius 2 is 2.00 bits per heavy atom. The zero-order valence-corrected chi connectivity index (χ0v) is 12.4. The minimum atomic E-state index is 0.342. The van der Waals surface area contributed by atoms with Crippen LogP contribution in [0.5, 0.6) is 0 Å². The fourth-order valence-electron chi connectivity index (χ4n) is 1.90. The van der Waals surface area contributed by atoms with E-state index in [4.69, 9.17) is 16.3 Å². The van der Waals surface area contributed by atoms with Crippen LogP contribution in [0.3, 0.4) is 0 Å². The van der Waals surface area contributed by atoms with E-state index < -0.39 is 0 Å². The van der Waals surface area contributed by atoms with E-state index in [0.717, 1.165) is 35.4 Å². The Balaban J connectivity index is 1.84. The average Bonchev–Trinajstić information content (AvgIpc) is 2.38. The van der Waals surface area contributed by atoms with Crippen LogP contribution in [0, 0.1) is 3.57 Å². The maximum atomic E-state index is 5.63. The minimum Gasteiger partial charge on any atom is -0.377 e. The SMILES string of the molecule is ClCCOC1CCN(c2ncc(I)cn2)CC1. The molecule has 1 aromatic heterocycles. The molecule has 1 aliphatic rings. The number of anilines is 1. The Morgan fingerprint density at radius 3 is 2.59 bits per heavy atom. The van der Waals surface area contributed by atoms with Crippen LogP contribution in [0.4, 0.5) is 5.95 Å². The van der Waals surface area contributed by atoms with Gasteiger partial charge in [-0.05, 0) is 35.4 Å². The van der Waals surface area contributed by atoms with Gasteiger partial charge in [0, 0.05) is 34.9 Å². The first-order valence-electron chi connectivity index (χ1n) is 5.69. The second kappa shape index (κ2) is 6.70. The molecule has 17 heavy (non-hydrogen) atoms. The molecule has 1 aromatic rings. The summed E-state index contributed by atoms with van der Waals surface area (Å²) in [5.41, 5.74) is 0. The number of rotatable bonds is 4. The van der Waals surface area contributed by atoms with Gasteiger partial charge in [0.1, 0.15) is 0 Å². The molecule has 0 aliphatic carbocycles. The molecular formula is C11H15ClIN3O. The predicted molar refractivity (Wildman–Crippen MR) is 76.7 cm³/mol. The maximum Gasteiger partial charge on any atom is 0.225 e. The van der Waals surface area contributed by atoms with Crippen molar-refractivity contribution in [3.8, 4) is 0 Å². The number of hydrogen-bond acceptors (Lipinski definition) is 4. The zero-order chi connectivity index (χ0) is 12.1. The third-order valence-corrected chi connectivity index (χ3v) is 3.47. The first kappa shape index (κ1) is 13.3. The van der Waals surface area contributed by atoms with E-state index in [-0.39, 0.29) is 0 Å². The van der Waals surface area contributed by atoms with Gasteiger partial charge in [-0.25, -0.2) is 9.97 Å². The van der Waals surface area contributed by atoms with Crippen LogP contribution in [0.2, 0.25) is 0 Å². The number of alkyl halides is 1. The highest BCUT2D eigenvalue weighted by molar-refractivity contribution is 14.1. The molecular weight excluding hydrogens is 352 g/mol. The van der Waals surface area contributed by atoms with Crippen LogP contribution in [0.25, 0.3) is 0 Å². The largest absolute Gasteiger partial charge is 0.377 e. The van der Waals surface area contributed by atoms with Crippen molar-refractivity contribution in [1.29, 1.82) is 0 Å². The summed E-state index contributed by atoms with van der Waals surface area (Å²) >= 11 is 7.81. The highest BCUT2D eigenvalue weighted by atomic mass is 127. The van der Waals surface area contributed by atoms with Gasteiger partial charge in [-0.3, -0.25) is 0 Å². The molecule has 0 radical (unpaired) electrons. The second-order valence-electron chi connectivity index (χ2n) is 3.95. The van der Waals surface area contributed by atoms with Crippen molar-refractivity contribution in [1.82, 2.24) is 9.97 Å². The van der Waals surface area contributed by atoms with Gasteiger partial charge in [-0.15, -0.1) is 11.6 Å². The Bertz CT molecular complexity index is 341. The summed E-state index contributed by atoms with van der Waals surface area (Å²) in [5.74, 6) is 1.39. The summed E-state index contributed by atoms with van der Waals surface area (Å²) in [6.07, 6.45) is 6.07. The van der Waals surface area contributed by atoms with Crippen molar-refractivity contribution < 1.29 is 4.74 Å².